The third kappa shape index (κ3) is 4.05. The Bertz CT molecular complexity index is 828. The van der Waals surface area contributed by atoms with Crippen LogP contribution in [0.4, 0.5) is 10.7 Å². The van der Waals surface area contributed by atoms with E-state index in [2.05, 4.69) is 15.0 Å². The molecule has 0 bridgehead atoms. The second-order valence-corrected chi connectivity index (χ2v) is 6.90. The van der Waals surface area contributed by atoms with Gasteiger partial charge in [0.2, 0.25) is 5.91 Å². The maximum atomic E-state index is 12.3. The minimum Gasteiger partial charge on any atom is -0.476 e. The Hall–Kier alpha value is -2.46. The van der Waals surface area contributed by atoms with Gasteiger partial charge in [0.05, 0.1) is 10.4 Å². The van der Waals surface area contributed by atoms with Crippen molar-refractivity contribution in [1.82, 2.24) is 4.98 Å². The van der Waals surface area contributed by atoms with Crippen molar-refractivity contribution in [3.63, 3.8) is 0 Å². The largest absolute Gasteiger partial charge is 0.476 e. The Morgan fingerprint density at radius 1 is 1.26 bits per heavy atom. The molecule has 10 heteroatoms. The van der Waals surface area contributed by atoms with E-state index in [9.17, 15) is 18.0 Å². The van der Waals surface area contributed by atoms with Gasteiger partial charge in [-0.15, -0.1) is 11.3 Å². The Labute approximate surface area is 136 Å². The smallest absolute Gasteiger partial charge is 0.357 e. The summed E-state index contributed by atoms with van der Waals surface area (Å²) in [4.78, 5) is 25.8. The first-order chi connectivity index (χ1) is 10.8. The second-order valence-electron chi connectivity index (χ2n) is 4.37. The normalized spacial score (nSPS) is 11.0. The van der Waals surface area contributed by atoms with Crippen LogP contribution in [0.1, 0.15) is 23.8 Å². The minimum atomic E-state index is -3.95. The lowest BCUT2D eigenvalue weighted by Gasteiger charge is -2.08. The van der Waals surface area contributed by atoms with Gasteiger partial charge in [0.15, 0.2) is 5.69 Å². The van der Waals surface area contributed by atoms with E-state index in [-0.39, 0.29) is 21.5 Å². The van der Waals surface area contributed by atoms with Crippen LogP contribution in [0.25, 0.3) is 0 Å². The zero-order valence-electron chi connectivity index (χ0n) is 11.9. The second kappa shape index (κ2) is 6.75. The zero-order valence-corrected chi connectivity index (χ0v) is 13.6. The van der Waals surface area contributed by atoms with E-state index in [1.165, 1.54) is 29.8 Å². The predicted octanol–water partition coefficient (Wildman–Crippen LogP) is 1.99. The third-order valence-electron chi connectivity index (χ3n) is 2.77. The summed E-state index contributed by atoms with van der Waals surface area (Å²) in [6.45, 7) is 1.70. The molecule has 3 N–H and O–H groups in total. The van der Waals surface area contributed by atoms with Crippen molar-refractivity contribution in [2.45, 2.75) is 18.2 Å². The molecule has 0 aliphatic carbocycles. The van der Waals surface area contributed by atoms with Crippen molar-refractivity contribution < 1.29 is 23.1 Å². The highest BCUT2D eigenvalue weighted by Gasteiger charge is 2.20. The molecule has 0 radical (unpaired) electrons. The van der Waals surface area contributed by atoms with Crippen molar-refractivity contribution in [1.29, 1.82) is 0 Å². The Balaban J connectivity index is 2.21. The lowest BCUT2D eigenvalue weighted by Crippen LogP contribution is -2.15. The van der Waals surface area contributed by atoms with Crippen molar-refractivity contribution in [3.05, 3.63) is 35.5 Å². The number of hydrogen-bond donors (Lipinski definition) is 3. The van der Waals surface area contributed by atoms with E-state index in [4.69, 9.17) is 5.11 Å². The minimum absolute atomic E-state index is 0.0586. The molecule has 0 saturated carbocycles. The summed E-state index contributed by atoms with van der Waals surface area (Å²) < 4.78 is 26.7. The number of aromatic carboxylic acids is 1. The monoisotopic (exact) mass is 355 g/mol. The van der Waals surface area contributed by atoms with Crippen LogP contribution in [-0.2, 0) is 14.8 Å². The maximum absolute atomic E-state index is 12.3. The molecule has 1 aromatic heterocycles. The van der Waals surface area contributed by atoms with Crippen LogP contribution in [0.3, 0.4) is 0 Å². The van der Waals surface area contributed by atoms with Crippen LogP contribution in [0.15, 0.2) is 34.7 Å². The Morgan fingerprint density at radius 3 is 2.48 bits per heavy atom. The van der Waals surface area contributed by atoms with Crippen LogP contribution in [0, 0.1) is 0 Å². The SMILES string of the molecule is CCC(=O)Nc1ccc(S(=O)(=O)Nc2scnc2C(=O)O)cc1. The number of anilines is 2. The van der Waals surface area contributed by atoms with E-state index < -0.39 is 16.0 Å². The van der Waals surface area contributed by atoms with Crippen LogP contribution >= 0.6 is 11.3 Å². The quantitative estimate of drug-likeness (QED) is 0.727. The van der Waals surface area contributed by atoms with Crippen molar-refractivity contribution in [2.24, 2.45) is 0 Å². The fraction of sp³-hybridized carbons (Fsp3) is 0.154. The summed E-state index contributed by atoms with van der Waals surface area (Å²) in [5.74, 6) is -1.50. The van der Waals surface area contributed by atoms with E-state index in [0.29, 0.717) is 12.1 Å². The highest BCUT2D eigenvalue weighted by Crippen LogP contribution is 2.24. The fourth-order valence-electron chi connectivity index (χ4n) is 1.62. The lowest BCUT2D eigenvalue weighted by molar-refractivity contribution is -0.115. The van der Waals surface area contributed by atoms with Gasteiger partial charge in [-0.1, -0.05) is 6.92 Å². The molecule has 2 rings (SSSR count). The van der Waals surface area contributed by atoms with Crippen LogP contribution < -0.4 is 10.0 Å². The topological polar surface area (TPSA) is 125 Å². The number of carbonyl (C=O) groups excluding carboxylic acids is 1. The molecule has 0 spiro atoms. The van der Waals surface area contributed by atoms with E-state index in [1.807, 2.05) is 0 Å². The average Bonchev–Trinajstić information content (AvgIpc) is 2.95. The number of amides is 1. The van der Waals surface area contributed by atoms with Crippen LogP contribution in [0.2, 0.25) is 0 Å². The molecule has 23 heavy (non-hydrogen) atoms. The molecule has 122 valence electrons. The van der Waals surface area contributed by atoms with Gasteiger partial charge in [0.25, 0.3) is 10.0 Å². The Morgan fingerprint density at radius 2 is 1.91 bits per heavy atom. The zero-order chi connectivity index (χ0) is 17.0. The molecule has 0 atom stereocenters. The first kappa shape index (κ1) is 16.9. The summed E-state index contributed by atoms with van der Waals surface area (Å²) >= 11 is 0.875. The molecule has 0 saturated heterocycles. The number of carbonyl (C=O) groups is 2. The summed E-state index contributed by atoms with van der Waals surface area (Å²) in [5, 5.41) is 11.5. The van der Waals surface area contributed by atoms with Crippen molar-refractivity contribution >= 4 is 43.9 Å². The van der Waals surface area contributed by atoms with Gasteiger partial charge in [0, 0.05) is 12.1 Å². The van der Waals surface area contributed by atoms with Crippen molar-refractivity contribution in [3.8, 4) is 0 Å². The highest BCUT2D eigenvalue weighted by molar-refractivity contribution is 7.93. The number of thiazole rings is 1. The Kier molecular flexibility index (Phi) is 4.96. The number of rotatable bonds is 6. The van der Waals surface area contributed by atoms with Crippen LogP contribution in [0.5, 0.6) is 0 Å². The van der Waals surface area contributed by atoms with Gasteiger partial charge in [-0.2, -0.15) is 0 Å². The van der Waals surface area contributed by atoms with Gasteiger partial charge in [-0.05, 0) is 24.3 Å². The molecule has 1 heterocycles. The molecular weight excluding hydrogens is 342 g/mol. The number of nitrogens with zero attached hydrogens (tertiary/aromatic N) is 1. The van der Waals surface area contributed by atoms with Gasteiger partial charge in [0.1, 0.15) is 5.00 Å². The van der Waals surface area contributed by atoms with E-state index >= 15 is 0 Å². The molecule has 8 nitrogen and oxygen atoms in total. The molecule has 1 aromatic carbocycles. The summed E-state index contributed by atoms with van der Waals surface area (Å²) in [6.07, 6.45) is 0.310. The van der Waals surface area contributed by atoms with Crippen molar-refractivity contribution in [2.75, 3.05) is 10.0 Å². The van der Waals surface area contributed by atoms with Gasteiger partial charge >= 0.3 is 5.97 Å². The first-order valence-corrected chi connectivity index (χ1v) is 8.79. The highest BCUT2D eigenvalue weighted by atomic mass is 32.2. The number of benzene rings is 1. The molecule has 0 unspecified atom stereocenters. The summed E-state index contributed by atoms with van der Waals surface area (Å²) in [5.41, 5.74) is 1.36. The van der Waals surface area contributed by atoms with Gasteiger partial charge in [-0.3, -0.25) is 9.52 Å². The lowest BCUT2D eigenvalue weighted by atomic mass is 10.3. The molecule has 0 fully saturated rings. The fourth-order valence-corrected chi connectivity index (χ4v) is 3.61. The van der Waals surface area contributed by atoms with Gasteiger partial charge < -0.3 is 10.4 Å². The molecule has 2 aromatic rings. The summed E-state index contributed by atoms with van der Waals surface area (Å²) in [7, 11) is -3.95. The van der Waals surface area contributed by atoms with Crippen LogP contribution in [-0.4, -0.2) is 30.4 Å². The molecule has 0 aliphatic rings. The number of carboxylic acids is 1. The number of carboxylic acid groups (broad SMARTS) is 1. The first-order valence-electron chi connectivity index (χ1n) is 6.43. The molecular formula is C13H13N3O5S2. The maximum Gasteiger partial charge on any atom is 0.357 e. The number of nitrogens with one attached hydrogen (secondary N) is 2. The molecule has 0 aliphatic heterocycles. The number of sulfonamides is 1. The van der Waals surface area contributed by atoms with E-state index in [0.717, 1.165) is 11.3 Å². The standard InChI is InChI=1S/C13H13N3O5S2/c1-2-10(17)15-8-3-5-9(6-4-8)23(20,21)16-12-11(13(18)19)14-7-22-12/h3-7,16H,2H2,1H3,(H,15,17)(H,18,19). The summed E-state index contributed by atoms with van der Waals surface area (Å²) in [6, 6.07) is 5.53. The molecule has 1 amide bonds. The third-order valence-corrected chi connectivity index (χ3v) is 5.00. The van der Waals surface area contributed by atoms with E-state index in [1.54, 1.807) is 6.92 Å². The average molecular weight is 355 g/mol. The number of aromatic nitrogens is 1. The predicted molar refractivity (Wildman–Crippen MR) is 85.2 cm³/mol. The van der Waals surface area contributed by atoms with Gasteiger partial charge in [-0.25, -0.2) is 18.2 Å². The number of hydrogen-bond acceptors (Lipinski definition) is 6.